The van der Waals surface area contributed by atoms with Gasteiger partial charge in [0.1, 0.15) is 0 Å². The Hall–Kier alpha value is -0.400. The van der Waals surface area contributed by atoms with Crippen LogP contribution in [-0.4, -0.2) is 86.4 Å². The van der Waals surface area contributed by atoms with E-state index in [0.717, 1.165) is 0 Å². The zero-order valence-corrected chi connectivity index (χ0v) is 11.6. The molecule has 0 aromatic rings. The van der Waals surface area contributed by atoms with Gasteiger partial charge < -0.3 is 40.9 Å². The maximum atomic E-state index is 9.92. The first-order valence-electron chi connectivity index (χ1n) is 6.01. The van der Waals surface area contributed by atoms with E-state index < -0.39 is 35.7 Å². The van der Waals surface area contributed by atoms with E-state index in [4.69, 9.17) is 0 Å². The first kappa shape index (κ1) is 17.7. The van der Waals surface area contributed by atoms with Crippen molar-refractivity contribution in [3.05, 3.63) is 0 Å². The molecule has 1 heterocycles. The lowest BCUT2D eigenvalue weighted by Gasteiger charge is -2.62. The van der Waals surface area contributed by atoms with Crippen molar-refractivity contribution in [1.29, 1.82) is 0 Å². The van der Waals surface area contributed by atoms with Gasteiger partial charge >= 0.3 is 23.6 Å². The monoisotopic (exact) mass is 298 g/mol. The van der Waals surface area contributed by atoms with E-state index in [-0.39, 0.29) is 9.80 Å². The van der Waals surface area contributed by atoms with E-state index in [1.165, 1.54) is 27.7 Å². The average molecular weight is 298 g/mol. The molecule has 8 N–H and O–H groups in total. The quantitative estimate of drug-likeness (QED) is 0.235. The zero-order valence-electron chi connectivity index (χ0n) is 11.6. The minimum absolute atomic E-state index is 0.0428. The van der Waals surface area contributed by atoms with Crippen LogP contribution in [0.3, 0.4) is 0 Å². The number of rotatable bonds is 2. The minimum Gasteiger partial charge on any atom is -0.348 e. The zero-order chi connectivity index (χ0) is 16.3. The van der Waals surface area contributed by atoms with Gasteiger partial charge in [0.25, 0.3) is 0 Å². The molecule has 0 atom stereocenters. The molecule has 0 aromatic carbocycles. The highest BCUT2D eigenvalue weighted by atomic mass is 16.7. The second-order valence-corrected chi connectivity index (χ2v) is 5.47. The van der Waals surface area contributed by atoms with Gasteiger partial charge in [0.05, 0.1) is 0 Å². The predicted octanol–water partition coefficient (Wildman–Crippen LogP) is -4.03. The Bertz CT molecular complexity index is 315. The maximum Gasteiger partial charge on any atom is 0.302 e. The molecule has 1 fully saturated rings. The summed E-state index contributed by atoms with van der Waals surface area (Å²) in [4.78, 5) is -0.0856. The van der Waals surface area contributed by atoms with Crippen LogP contribution in [0.4, 0.5) is 0 Å². The van der Waals surface area contributed by atoms with Crippen molar-refractivity contribution >= 4 is 0 Å². The third-order valence-electron chi connectivity index (χ3n) is 3.28. The molecule has 1 aliphatic rings. The fourth-order valence-corrected chi connectivity index (χ4v) is 2.52. The third-order valence-corrected chi connectivity index (χ3v) is 3.28. The Morgan fingerprint density at radius 3 is 0.750 bits per heavy atom. The molecule has 10 nitrogen and oxygen atoms in total. The number of aliphatic hydroxyl groups is 8. The van der Waals surface area contributed by atoms with Crippen LogP contribution >= 0.6 is 0 Å². The number of piperazine rings is 1. The summed E-state index contributed by atoms with van der Waals surface area (Å²) in [7, 11) is 0. The molecule has 20 heavy (non-hydrogen) atoms. The fourth-order valence-electron chi connectivity index (χ4n) is 2.52. The van der Waals surface area contributed by atoms with Gasteiger partial charge in [-0.05, 0) is 27.7 Å². The Kier molecular flexibility index (Phi) is 4.01. The summed E-state index contributed by atoms with van der Waals surface area (Å²) in [5.74, 6) is -14.4. The molecule has 0 unspecified atom stereocenters. The molecule has 0 spiro atoms. The van der Waals surface area contributed by atoms with Crippen molar-refractivity contribution in [3.63, 3.8) is 0 Å². The standard InChI is InChI=1S/C10H22N2O8/c1-5(2)11-7(13,14)9(17,18)12(6(3)4)10(19,20)8(11,15)16/h5-6,13-20H,1-4H3. The van der Waals surface area contributed by atoms with Crippen LogP contribution in [0.2, 0.25) is 0 Å². The van der Waals surface area contributed by atoms with Crippen LogP contribution in [0.5, 0.6) is 0 Å². The molecule has 0 aliphatic carbocycles. The molecule has 1 saturated heterocycles. The van der Waals surface area contributed by atoms with Gasteiger partial charge in [-0.2, -0.15) is 9.80 Å². The second kappa shape index (κ2) is 4.55. The van der Waals surface area contributed by atoms with Crippen molar-refractivity contribution in [2.75, 3.05) is 0 Å². The van der Waals surface area contributed by atoms with E-state index in [2.05, 4.69) is 0 Å². The smallest absolute Gasteiger partial charge is 0.302 e. The number of hydrogen-bond donors (Lipinski definition) is 8. The van der Waals surface area contributed by atoms with Crippen molar-refractivity contribution in [2.45, 2.75) is 63.4 Å². The molecule has 0 aromatic heterocycles. The molecule has 0 saturated carbocycles. The molecular formula is C10H22N2O8. The van der Waals surface area contributed by atoms with Crippen LogP contribution in [0.1, 0.15) is 27.7 Å². The summed E-state index contributed by atoms with van der Waals surface area (Å²) in [6, 6.07) is -2.21. The third kappa shape index (κ3) is 1.97. The molecule has 10 heteroatoms. The molecule has 1 rings (SSSR count). The van der Waals surface area contributed by atoms with Crippen molar-refractivity contribution in [2.24, 2.45) is 0 Å². The molecule has 1 aliphatic heterocycles. The van der Waals surface area contributed by atoms with E-state index in [1.54, 1.807) is 0 Å². The average Bonchev–Trinajstić information content (AvgIpc) is 2.10. The summed E-state index contributed by atoms with van der Waals surface area (Å²) >= 11 is 0. The topological polar surface area (TPSA) is 168 Å². The van der Waals surface area contributed by atoms with Crippen LogP contribution in [0.25, 0.3) is 0 Å². The van der Waals surface area contributed by atoms with Gasteiger partial charge in [-0.1, -0.05) is 0 Å². The number of hydrogen-bond acceptors (Lipinski definition) is 10. The van der Waals surface area contributed by atoms with Crippen molar-refractivity contribution < 1.29 is 40.9 Å². The lowest BCUT2D eigenvalue weighted by Crippen LogP contribution is -2.91. The normalized spacial score (nSPS) is 29.1. The van der Waals surface area contributed by atoms with E-state index in [1.807, 2.05) is 0 Å². The van der Waals surface area contributed by atoms with Crippen molar-refractivity contribution in [3.8, 4) is 0 Å². The van der Waals surface area contributed by atoms with Gasteiger partial charge in [0.2, 0.25) is 0 Å². The lowest BCUT2D eigenvalue weighted by atomic mass is 10.0. The fraction of sp³-hybridized carbons (Fsp3) is 1.00. The summed E-state index contributed by atoms with van der Waals surface area (Å²) in [6.07, 6.45) is 0. The maximum absolute atomic E-state index is 9.92. The Balaban J connectivity index is 3.61. The van der Waals surface area contributed by atoms with Gasteiger partial charge in [-0.15, -0.1) is 0 Å². The van der Waals surface area contributed by atoms with Crippen LogP contribution in [-0.2, 0) is 0 Å². The highest BCUT2D eigenvalue weighted by Crippen LogP contribution is 2.45. The Morgan fingerprint density at radius 1 is 0.500 bits per heavy atom. The van der Waals surface area contributed by atoms with E-state index >= 15 is 0 Å². The van der Waals surface area contributed by atoms with Crippen LogP contribution in [0, 0.1) is 0 Å². The van der Waals surface area contributed by atoms with Crippen LogP contribution in [0.15, 0.2) is 0 Å². The highest BCUT2D eigenvalue weighted by Gasteiger charge is 2.77. The molecule has 0 radical (unpaired) electrons. The Morgan fingerprint density at radius 2 is 0.650 bits per heavy atom. The summed E-state index contributed by atoms with van der Waals surface area (Å²) < 4.78 is 0. The molecule has 120 valence electrons. The SMILES string of the molecule is CC(C)N1C(O)(O)C(O)(O)N(C(C)C)C(O)(O)C1(O)O. The summed E-state index contributed by atoms with van der Waals surface area (Å²) in [5, 5.41) is 79.3. The van der Waals surface area contributed by atoms with E-state index in [9.17, 15) is 40.9 Å². The predicted molar refractivity (Wildman–Crippen MR) is 62.6 cm³/mol. The molecule has 0 amide bonds. The lowest BCUT2D eigenvalue weighted by molar-refractivity contribution is -0.615. The van der Waals surface area contributed by atoms with Crippen LogP contribution < -0.4 is 0 Å². The Labute approximate surface area is 115 Å². The summed E-state index contributed by atoms with van der Waals surface area (Å²) in [5.41, 5.74) is 0. The van der Waals surface area contributed by atoms with E-state index in [0.29, 0.717) is 0 Å². The first-order chi connectivity index (χ1) is 8.63. The van der Waals surface area contributed by atoms with Gasteiger partial charge in [0.15, 0.2) is 0 Å². The van der Waals surface area contributed by atoms with Gasteiger partial charge in [-0.25, -0.2) is 0 Å². The molecular weight excluding hydrogens is 276 g/mol. The van der Waals surface area contributed by atoms with Gasteiger partial charge in [-0.3, -0.25) is 0 Å². The largest absolute Gasteiger partial charge is 0.348 e. The first-order valence-corrected chi connectivity index (χ1v) is 6.01. The summed E-state index contributed by atoms with van der Waals surface area (Å²) in [6.45, 7) is 5.00. The molecule has 0 bridgehead atoms. The second-order valence-electron chi connectivity index (χ2n) is 5.47. The van der Waals surface area contributed by atoms with Crippen molar-refractivity contribution in [1.82, 2.24) is 9.80 Å². The minimum atomic E-state index is -3.59. The number of nitrogens with zero attached hydrogens (tertiary/aromatic N) is 2. The highest BCUT2D eigenvalue weighted by molar-refractivity contribution is 5.02. The van der Waals surface area contributed by atoms with Gasteiger partial charge in [0, 0.05) is 12.1 Å².